The number of hydrogen-bond acceptors (Lipinski definition) is 4. The Morgan fingerprint density at radius 2 is 2.29 bits per heavy atom. The lowest BCUT2D eigenvalue weighted by Gasteiger charge is -2.11. The molecular weight excluding hydrogens is 208 g/mol. The fourth-order valence-electron chi connectivity index (χ4n) is 1.16. The van der Waals surface area contributed by atoms with E-state index in [-0.39, 0.29) is 6.09 Å². The minimum absolute atomic E-state index is 0.315. The smallest absolute Gasteiger partial charge is 0.409 e. The number of rotatable bonds is 5. The minimum atomic E-state index is -3.12. The zero-order valence-corrected chi connectivity index (χ0v) is 8.84. The summed E-state index contributed by atoms with van der Waals surface area (Å²) in [5, 5.41) is 0. The second-order valence-corrected chi connectivity index (χ2v) is 4.95. The third kappa shape index (κ3) is 3.93. The van der Waals surface area contributed by atoms with Gasteiger partial charge >= 0.3 is 6.09 Å². The Bertz CT molecular complexity index is 301. The molecule has 0 aromatic rings. The molecule has 1 aliphatic heterocycles. The normalized spacial score (nSPS) is 17.2. The van der Waals surface area contributed by atoms with Crippen molar-refractivity contribution in [2.45, 2.75) is 6.42 Å². The number of nitrogens with one attached hydrogen (secondary N) is 1. The van der Waals surface area contributed by atoms with Gasteiger partial charge in [0, 0.05) is 13.1 Å². The van der Waals surface area contributed by atoms with Gasteiger partial charge in [-0.1, -0.05) is 0 Å². The van der Waals surface area contributed by atoms with E-state index in [1.807, 2.05) is 0 Å². The average Bonchev–Trinajstić information content (AvgIpc) is 2.44. The second kappa shape index (κ2) is 4.61. The minimum Gasteiger partial charge on any atom is -0.448 e. The number of nitrogens with zero attached hydrogens (tertiary/aromatic N) is 1. The maximum Gasteiger partial charge on any atom is 0.409 e. The van der Waals surface area contributed by atoms with Gasteiger partial charge in [-0.15, -0.1) is 0 Å². The van der Waals surface area contributed by atoms with E-state index >= 15 is 0 Å². The highest BCUT2D eigenvalue weighted by atomic mass is 32.2. The van der Waals surface area contributed by atoms with E-state index in [1.54, 1.807) is 4.90 Å². The molecule has 0 aliphatic carbocycles. The molecule has 0 unspecified atom stereocenters. The van der Waals surface area contributed by atoms with Gasteiger partial charge in [0.15, 0.2) is 0 Å². The summed E-state index contributed by atoms with van der Waals surface area (Å²) in [7, 11) is -3.12. The van der Waals surface area contributed by atoms with Gasteiger partial charge in [-0.3, -0.25) is 0 Å². The van der Waals surface area contributed by atoms with E-state index in [0.717, 1.165) is 6.26 Å². The molecule has 0 bridgehead atoms. The lowest BCUT2D eigenvalue weighted by atomic mass is 10.4. The fraction of sp³-hybridized carbons (Fsp3) is 0.857. The van der Waals surface area contributed by atoms with Gasteiger partial charge in [-0.25, -0.2) is 17.9 Å². The lowest BCUT2D eigenvalue weighted by Crippen LogP contribution is -2.30. The third-order valence-corrected chi connectivity index (χ3v) is 2.54. The van der Waals surface area contributed by atoms with Crippen LogP contribution >= 0.6 is 0 Å². The van der Waals surface area contributed by atoms with Crippen LogP contribution in [0.5, 0.6) is 0 Å². The predicted octanol–water partition coefficient (Wildman–Crippen LogP) is -0.622. The second-order valence-electron chi connectivity index (χ2n) is 3.12. The van der Waals surface area contributed by atoms with Crippen LogP contribution in [0.1, 0.15) is 6.42 Å². The van der Waals surface area contributed by atoms with Gasteiger partial charge in [0.2, 0.25) is 10.0 Å². The molecule has 0 aromatic heterocycles. The molecule has 0 aromatic carbocycles. The van der Waals surface area contributed by atoms with Crippen LogP contribution in [0, 0.1) is 0 Å². The SMILES string of the molecule is CS(=O)(=O)NCCCN1CCOC1=O. The summed E-state index contributed by atoms with van der Waals surface area (Å²) >= 11 is 0. The first kappa shape index (κ1) is 11.3. The zero-order valence-electron chi connectivity index (χ0n) is 8.02. The molecule has 0 saturated carbocycles. The molecule has 1 rings (SSSR count). The Kier molecular flexibility index (Phi) is 3.70. The average molecular weight is 222 g/mol. The monoisotopic (exact) mass is 222 g/mol. The molecule has 82 valence electrons. The molecule has 0 radical (unpaired) electrons. The molecule has 1 amide bonds. The van der Waals surface area contributed by atoms with Crippen molar-refractivity contribution in [1.29, 1.82) is 0 Å². The summed E-state index contributed by atoms with van der Waals surface area (Å²) in [5.41, 5.74) is 0. The van der Waals surface area contributed by atoms with Crippen LogP contribution in [0.25, 0.3) is 0 Å². The molecule has 1 heterocycles. The van der Waals surface area contributed by atoms with Crippen molar-refractivity contribution >= 4 is 16.1 Å². The Balaban J connectivity index is 2.13. The molecule has 0 spiro atoms. The molecule has 6 nitrogen and oxygen atoms in total. The number of amides is 1. The summed E-state index contributed by atoms with van der Waals surface area (Å²) in [6, 6.07) is 0. The highest BCUT2D eigenvalue weighted by molar-refractivity contribution is 7.88. The molecule has 7 heteroatoms. The number of ether oxygens (including phenoxy) is 1. The van der Waals surface area contributed by atoms with Crippen molar-refractivity contribution < 1.29 is 17.9 Å². The summed E-state index contributed by atoms with van der Waals surface area (Å²) in [4.78, 5) is 12.5. The van der Waals surface area contributed by atoms with Crippen molar-refractivity contribution in [1.82, 2.24) is 9.62 Å². The molecule has 1 aliphatic rings. The highest BCUT2D eigenvalue weighted by Crippen LogP contribution is 2.02. The summed E-state index contributed by atoms with van der Waals surface area (Å²) in [6.45, 7) is 1.90. The lowest BCUT2D eigenvalue weighted by molar-refractivity contribution is 0.158. The van der Waals surface area contributed by atoms with Crippen LogP contribution in [0.15, 0.2) is 0 Å². The Hall–Kier alpha value is -0.820. The van der Waals surface area contributed by atoms with Gasteiger partial charge in [0.25, 0.3) is 0 Å². The van der Waals surface area contributed by atoms with Crippen LogP contribution in [0.4, 0.5) is 4.79 Å². The molecule has 1 N–H and O–H groups in total. The maximum atomic E-state index is 10.9. The first-order chi connectivity index (χ1) is 6.49. The van der Waals surface area contributed by atoms with E-state index in [4.69, 9.17) is 4.74 Å². The molecule has 0 atom stereocenters. The largest absolute Gasteiger partial charge is 0.448 e. The third-order valence-electron chi connectivity index (χ3n) is 1.81. The van der Waals surface area contributed by atoms with Crippen molar-refractivity contribution in [3.05, 3.63) is 0 Å². The number of carbonyl (C=O) groups is 1. The number of carbonyl (C=O) groups excluding carboxylic acids is 1. The number of sulfonamides is 1. The van der Waals surface area contributed by atoms with E-state index in [1.165, 1.54) is 0 Å². The van der Waals surface area contributed by atoms with Crippen molar-refractivity contribution in [2.24, 2.45) is 0 Å². The molecule has 14 heavy (non-hydrogen) atoms. The van der Waals surface area contributed by atoms with Crippen molar-refractivity contribution in [2.75, 3.05) is 32.5 Å². The zero-order chi connectivity index (χ0) is 10.6. The van der Waals surface area contributed by atoms with E-state index in [2.05, 4.69) is 4.72 Å². The molecule has 1 saturated heterocycles. The first-order valence-corrected chi connectivity index (χ1v) is 6.24. The maximum absolute atomic E-state index is 10.9. The fourth-order valence-corrected chi connectivity index (χ4v) is 1.67. The summed E-state index contributed by atoms with van der Waals surface area (Å²) in [6.07, 6.45) is 1.39. The van der Waals surface area contributed by atoms with E-state index in [0.29, 0.717) is 32.7 Å². The van der Waals surface area contributed by atoms with Crippen molar-refractivity contribution in [3.8, 4) is 0 Å². The standard InChI is InChI=1S/C7H14N2O4S/c1-14(11,12)8-3-2-4-9-5-6-13-7(9)10/h8H,2-6H2,1H3. The quantitative estimate of drug-likeness (QED) is 0.629. The Labute approximate surface area is 83.3 Å². The van der Waals surface area contributed by atoms with Gasteiger partial charge in [-0.05, 0) is 6.42 Å². The Morgan fingerprint density at radius 1 is 1.57 bits per heavy atom. The predicted molar refractivity (Wildman–Crippen MR) is 50.4 cm³/mol. The van der Waals surface area contributed by atoms with Crippen LogP contribution in [0.2, 0.25) is 0 Å². The summed E-state index contributed by atoms with van der Waals surface area (Å²) in [5.74, 6) is 0. The number of hydrogen-bond donors (Lipinski definition) is 1. The van der Waals surface area contributed by atoms with Gasteiger partial charge in [0.05, 0.1) is 12.8 Å². The van der Waals surface area contributed by atoms with Crippen LogP contribution in [-0.2, 0) is 14.8 Å². The summed E-state index contributed by atoms with van der Waals surface area (Å²) < 4.78 is 28.4. The number of cyclic esters (lactones) is 1. The molecular formula is C7H14N2O4S. The van der Waals surface area contributed by atoms with E-state index < -0.39 is 10.0 Å². The molecule has 1 fully saturated rings. The van der Waals surface area contributed by atoms with Crippen LogP contribution < -0.4 is 4.72 Å². The Morgan fingerprint density at radius 3 is 2.79 bits per heavy atom. The van der Waals surface area contributed by atoms with Crippen molar-refractivity contribution in [3.63, 3.8) is 0 Å². The van der Waals surface area contributed by atoms with Gasteiger partial charge < -0.3 is 9.64 Å². The van der Waals surface area contributed by atoms with E-state index in [9.17, 15) is 13.2 Å². The van der Waals surface area contributed by atoms with Gasteiger partial charge in [-0.2, -0.15) is 0 Å². The first-order valence-electron chi connectivity index (χ1n) is 4.35. The highest BCUT2D eigenvalue weighted by Gasteiger charge is 2.20. The van der Waals surface area contributed by atoms with Crippen LogP contribution in [-0.4, -0.2) is 51.9 Å². The van der Waals surface area contributed by atoms with Crippen LogP contribution in [0.3, 0.4) is 0 Å². The van der Waals surface area contributed by atoms with Gasteiger partial charge in [0.1, 0.15) is 6.61 Å². The topological polar surface area (TPSA) is 75.7 Å².